The fourth-order valence-electron chi connectivity index (χ4n) is 0.857. The van der Waals surface area contributed by atoms with Crippen LogP contribution in [0.2, 0.25) is 0 Å². The van der Waals surface area contributed by atoms with Crippen LogP contribution in [-0.4, -0.2) is 9.67 Å². The molecule has 1 N–H and O–H groups in total. The molecule has 0 radical (unpaired) electrons. The van der Waals surface area contributed by atoms with E-state index >= 15 is 0 Å². The Labute approximate surface area is 83.7 Å². The number of aliphatic hydroxyl groups is 1. The molecule has 1 aromatic rings. The molecule has 0 saturated carbocycles. The van der Waals surface area contributed by atoms with Gasteiger partial charge in [0.25, 0.3) is 0 Å². The van der Waals surface area contributed by atoms with Crippen molar-refractivity contribution in [3.05, 3.63) is 18.7 Å². The van der Waals surface area contributed by atoms with Gasteiger partial charge in [0.1, 0.15) is 12.4 Å². The van der Waals surface area contributed by atoms with Crippen molar-refractivity contribution < 1.29 is 33.7 Å². The fourth-order valence-corrected chi connectivity index (χ4v) is 0.857. The number of hydrogen-bond acceptors (Lipinski definition) is 1. The van der Waals surface area contributed by atoms with Gasteiger partial charge in [0, 0.05) is 6.42 Å². The lowest BCUT2D eigenvalue weighted by molar-refractivity contribution is -0.671. The van der Waals surface area contributed by atoms with Crippen LogP contribution in [0.25, 0.3) is 0 Å². The van der Waals surface area contributed by atoms with Crippen LogP contribution in [0.3, 0.4) is 0 Å². The van der Waals surface area contributed by atoms with Crippen LogP contribution in [0.1, 0.15) is 19.6 Å². The largest absolute Gasteiger partial charge is 1.00 e. The molecule has 0 bridgehead atoms. The summed E-state index contributed by atoms with van der Waals surface area (Å²) in [5.74, 6) is 0. The Balaban J connectivity index is 0.000001000. The molecule has 0 amide bonds. The van der Waals surface area contributed by atoms with E-state index in [1.807, 2.05) is 37.3 Å². The summed E-state index contributed by atoms with van der Waals surface area (Å²) in [5.41, 5.74) is 0. The highest BCUT2D eigenvalue weighted by atomic mass is 127. The second kappa shape index (κ2) is 4.71. The Bertz CT molecular complexity index is 212. The average molecular weight is 268 g/mol. The molecular weight excluding hydrogens is 255 g/mol. The Morgan fingerprint density at radius 2 is 2.27 bits per heavy atom. The van der Waals surface area contributed by atoms with Crippen LogP contribution in [0.4, 0.5) is 0 Å². The van der Waals surface area contributed by atoms with Crippen LogP contribution >= 0.6 is 0 Å². The highest BCUT2D eigenvalue weighted by Crippen LogP contribution is 2.03. The third kappa shape index (κ3) is 2.78. The van der Waals surface area contributed by atoms with Gasteiger partial charge in [-0.25, -0.2) is 9.13 Å². The van der Waals surface area contributed by atoms with Gasteiger partial charge in [0.05, 0.1) is 7.05 Å². The quantitative estimate of drug-likeness (QED) is 0.456. The van der Waals surface area contributed by atoms with Gasteiger partial charge >= 0.3 is 0 Å². The molecule has 1 heterocycles. The van der Waals surface area contributed by atoms with E-state index in [0.717, 1.165) is 6.42 Å². The molecule has 0 aliphatic heterocycles. The van der Waals surface area contributed by atoms with Gasteiger partial charge in [0.15, 0.2) is 6.23 Å². The first-order valence-corrected chi connectivity index (χ1v) is 3.45. The molecule has 1 unspecified atom stereocenters. The van der Waals surface area contributed by atoms with Gasteiger partial charge < -0.3 is 29.1 Å². The predicted molar refractivity (Wildman–Crippen MR) is 37.2 cm³/mol. The summed E-state index contributed by atoms with van der Waals surface area (Å²) in [4.78, 5) is 0. The molecule has 1 aromatic heterocycles. The minimum atomic E-state index is -0.374. The van der Waals surface area contributed by atoms with E-state index in [1.54, 1.807) is 4.57 Å². The van der Waals surface area contributed by atoms with Crippen molar-refractivity contribution in [3.63, 3.8) is 0 Å². The molecule has 11 heavy (non-hydrogen) atoms. The van der Waals surface area contributed by atoms with Crippen molar-refractivity contribution in [2.24, 2.45) is 7.05 Å². The molecule has 1 rings (SSSR count). The Kier molecular flexibility index (Phi) is 4.67. The average Bonchev–Trinajstić information content (AvgIpc) is 2.34. The maximum atomic E-state index is 9.29. The van der Waals surface area contributed by atoms with Crippen molar-refractivity contribution in [1.29, 1.82) is 0 Å². The van der Waals surface area contributed by atoms with Crippen molar-refractivity contribution in [3.8, 4) is 0 Å². The number of halogens is 1. The van der Waals surface area contributed by atoms with Crippen molar-refractivity contribution >= 4 is 0 Å². The SMILES string of the molecule is CCC(O)n1cc[n+](C)c1.[I-]. The van der Waals surface area contributed by atoms with Crippen LogP contribution in [0.5, 0.6) is 0 Å². The molecule has 0 fully saturated rings. The van der Waals surface area contributed by atoms with Crippen molar-refractivity contribution in [2.45, 2.75) is 19.6 Å². The first kappa shape index (κ1) is 10.9. The van der Waals surface area contributed by atoms with Gasteiger partial charge in [0.2, 0.25) is 6.33 Å². The first-order valence-electron chi connectivity index (χ1n) is 3.45. The smallest absolute Gasteiger partial charge is 0.245 e. The second-order valence-corrected chi connectivity index (χ2v) is 2.42. The number of hydrogen-bond donors (Lipinski definition) is 1. The third-order valence-corrected chi connectivity index (χ3v) is 1.50. The first-order chi connectivity index (χ1) is 4.74. The molecule has 0 saturated heterocycles. The monoisotopic (exact) mass is 268 g/mol. The van der Waals surface area contributed by atoms with Gasteiger partial charge in [-0.3, -0.25) is 0 Å². The van der Waals surface area contributed by atoms with Gasteiger partial charge in [-0.2, -0.15) is 0 Å². The maximum Gasteiger partial charge on any atom is 0.245 e. The van der Waals surface area contributed by atoms with E-state index in [4.69, 9.17) is 0 Å². The van der Waals surface area contributed by atoms with Gasteiger partial charge in [-0.15, -0.1) is 0 Å². The van der Waals surface area contributed by atoms with Crippen molar-refractivity contribution in [1.82, 2.24) is 4.57 Å². The number of nitrogens with zero attached hydrogens (tertiary/aromatic N) is 2. The van der Waals surface area contributed by atoms with Crippen molar-refractivity contribution in [2.75, 3.05) is 0 Å². The summed E-state index contributed by atoms with van der Waals surface area (Å²) in [7, 11) is 1.93. The summed E-state index contributed by atoms with van der Waals surface area (Å²) in [6.45, 7) is 1.95. The summed E-state index contributed by atoms with van der Waals surface area (Å²) < 4.78 is 3.68. The van der Waals surface area contributed by atoms with E-state index in [2.05, 4.69) is 0 Å². The summed E-state index contributed by atoms with van der Waals surface area (Å²) in [6, 6.07) is 0. The van der Waals surface area contributed by atoms with E-state index < -0.39 is 0 Å². The van der Waals surface area contributed by atoms with Crippen LogP contribution in [-0.2, 0) is 7.05 Å². The Hall–Kier alpha value is -0.100. The Morgan fingerprint density at radius 3 is 2.64 bits per heavy atom. The zero-order chi connectivity index (χ0) is 7.56. The summed E-state index contributed by atoms with van der Waals surface area (Å²) >= 11 is 0. The third-order valence-electron chi connectivity index (χ3n) is 1.50. The van der Waals surface area contributed by atoms with Crippen LogP contribution in [0, 0.1) is 0 Å². The molecular formula is C7H13IN2O. The normalized spacial score (nSPS) is 12.3. The minimum absolute atomic E-state index is 0. The number of imidazole rings is 1. The topological polar surface area (TPSA) is 29.0 Å². The lowest BCUT2D eigenvalue weighted by atomic mass is 10.4. The van der Waals surface area contributed by atoms with Crippen LogP contribution < -0.4 is 28.5 Å². The highest BCUT2D eigenvalue weighted by molar-refractivity contribution is 4.68. The lowest BCUT2D eigenvalue weighted by Crippen LogP contribution is -3.00. The van der Waals surface area contributed by atoms with Gasteiger partial charge in [-0.05, 0) is 0 Å². The molecule has 4 heteroatoms. The van der Waals surface area contributed by atoms with E-state index in [-0.39, 0.29) is 30.2 Å². The number of aryl methyl sites for hydroxylation is 1. The summed E-state index contributed by atoms with van der Waals surface area (Å²) in [6.07, 6.45) is 5.98. The molecule has 0 aliphatic carbocycles. The number of rotatable bonds is 2. The lowest BCUT2D eigenvalue weighted by Gasteiger charge is -2.00. The standard InChI is InChI=1S/C7H13N2O.HI/c1-3-7(10)9-5-4-8(2)6-9;/h4-7,10H,3H2,1-2H3;1H/q+1;/p-1. The predicted octanol–water partition coefficient (Wildman–Crippen LogP) is -2.78. The Morgan fingerprint density at radius 1 is 1.64 bits per heavy atom. The minimum Gasteiger partial charge on any atom is -1.00 e. The van der Waals surface area contributed by atoms with E-state index in [0.29, 0.717) is 0 Å². The molecule has 3 nitrogen and oxygen atoms in total. The zero-order valence-electron chi connectivity index (χ0n) is 6.74. The molecule has 1 atom stereocenters. The number of aliphatic hydroxyl groups excluding tert-OH is 1. The molecule has 0 spiro atoms. The second-order valence-electron chi connectivity index (χ2n) is 2.42. The maximum absolute atomic E-state index is 9.29. The number of aromatic nitrogens is 2. The summed E-state index contributed by atoms with van der Waals surface area (Å²) in [5, 5.41) is 9.29. The van der Waals surface area contributed by atoms with E-state index in [9.17, 15) is 5.11 Å². The molecule has 0 aliphatic rings. The van der Waals surface area contributed by atoms with E-state index in [1.165, 1.54) is 0 Å². The zero-order valence-corrected chi connectivity index (χ0v) is 8.89. The van der Waals surface area contributed by atoms with Gasteiger partial charge in [-0.1, -0.05) is 6.92 Å². The molecule has 0 aromatic carbocycles. The fraction of sp³-hybridized carbons (Fsp3) is 0.571. The highest BCUT2D eigenvalue weighted by Gasteiger charge is 2.07. The molecule has 64 valence electrons. The van der Waals surface area contributed by atoms with Crippen LogP contribution in [0.15, 0.2) is 18.7 Å².